The molecule has 8 N–H and O–H groups in total. The number of hydrogen-bond acceptors (Lipinski definition) is 8. The van der Waals surface area contributed by atoms with Crippen LogP contribution in [0.25, 0.3) is 11.1 Å². The van der Waals surface area contributed by atoms with Crippen molar-refractivity contribution in [3.8, 4) is 0 Å². The number of allylic oxidation sites excluding steroid dienone is 6. The van der Waals surface area contributed by atoms with E-state index in [0.29, 0.717) is 13.1 Å². The molecule has 2 aromatic heterocycles. The normalized spacial score (nSPS) is 21.4. The highest BCUT2D eigenvalue weighted by Gasteiger charge is 2.47. The molecule has 12 heteroatoms. The average molecular weight is 701 g/mol. The Morgan fingerprint density at radius 3 is 1.31 bits per heavy atom. The molecular formula is C39H56N8O4. The summed E-state index contributed by atoms with van der Waals surface area (Å²) >= 11 is 0. The number of primary amides is 2. The topological polar surface area (TPSA) is 202 Å². The van der Waals surface area contributed by atoms with Crippen LogP contribution in [-0.4, -0.2) is 68.5 Å². The number of carbonyl (C=O) groups is 4. The third-order valence-corrected chi connectivity index (χ3v) is 10.2. The fourth-order valence-corrected chi connectivity index (χ4v) is 6.95. The van der Waals surface area contributed by atoms with Gasteiger partial charge in [0.15, 0.2) is 11.6 Å². The Kier molecular flexibility index (Phi) is 14.0. The summed E-state index contributed by atoms with van der Waals surface area (Å²) in [5, 5.41) is 6.84. The van der Waals surface area contributed by atoms with Crippen molar-refractivity contribution in [3.63, 3.8) is 0 Å². The number of unbranched alkanes of at least 4 members (excludes halogenated alkanes) is 6. The number of aromatic nitrogens is 4. The highest BCUT2D eigenvalue weighted by molar-refractivity contribution is 6.11. The van der Waals surface area contributed by atoms with Crippen LogP contribution in [0.1, 0.15) is 96.9 Å². The van der Waals surface area contributed by atoms with Crippen molar-refractivity contribution in [2.75, 3.05) is 13.1 Å². The number of nitrogens with zero attached hydrogens (tertiary/aromatic N) is 2. The molecular weight excluding hydrogens is 644 g/mol. The summed E-state index contributed by atoms with van der Waals surface area (Å²) in [6.45, 7) is 9.29. The number of Topliss-reactive ketones (excluding diaryl/α,β-unsaturated/α-hetero) is 2. The SMILES string of the molecule is CC(C)C(NCCCCCCCCCNC(C(=O)C1(C(N)=O)C=CC(c2cnc[nH]2)=CC1)C(C)C)C(=O)C1(C(N)=O)C=CC(c2cnc[nH]2)=CC1. The average Bonchev–Trinajstić information content (AvgIpc) is 3.85. The second-order valence-electron chi connectivity index (χ2n) is 14.6. The fourth-order valence-electron chi connectivity index (χ4n) is 6.95. The lowest BCUT2D eigenvalue weighted by molar-refractivity contribution is -0.140. The van der Waals surface area contributed by atoms with E-state index >= 15 is 0 Å². The standard InChI is InChI=1S/C39H56N8O4/c1-26(2)32(34(48)38(36(40)50)16-12-28(13-17-38)30-22-42-24-46-30)44-20-10-8-6-5-7-9-11-21-45-33(27(3)4)35(49)39(37(41)51)18-14-29(15-19-39)31-23-43-25-47-31/h12-16,18,22-27,32-33,44-45H,5-11,17,19-21H2,1-4H3,(H2,40,50)(H2,41,51)(H,42,46)(H,43,47). The van der Waals surface area contributed by atoms with E-state index in [-0.39, 0.29) is 36.2 Å². The van der Waals surface area contributed by atoms with Crippen LogP contribution in [0.15, 0.2) is 61.5 Å². The van der Waals surface area contributed by atoms with Crippen LogP contribution in [0.2, 0.25) is 0 Å². The van der Waals surface area contributed by atoms with E-state index in [9.17, 15) is 19.2 Å². The van der Waals surface area contributed by atoms with Gasteiger partial charge >= 0.3 is 0 Å². The summed E-state index contributed by atoms with van der Waals surface area (Å²) in [6.07, 6.45) is 24.8. The first kappa shape index (κ1) is 39.4. The molecule has 2 heterocycles. The van der Waals surface area contributed by atoms with Crippen molar-refractivity contribution >= 4 is 34.5 Å². The van der Waals surface area contributed by atoms with E-state index in [1.807, 2.05) is 39.8 Å². The maximum Gasteiger partial charge on any atom is 0.235 e. The Bertz CT molecular complexity index is 1490. The van der Waals surface area contributed by atoms with E-state index in [1.165, 1.54) is 0 Å². The second-order valence-corrected chi connectivity index (χ2v) is 14.6. The summed E-state index contributed by atoms with van der Waals surface area (Å²) < 4.78 is 0. The van der Waals surface area contributed by atoms with Gasteiger partial charge in [-0.05, 0) is 61.8 Å². The molecule has 4 atom stereocenters. The van der Waals surface area contributed by atoms with Crippen molar-refractivity contribution in [2.45, 2.75) is 97.6 Å². The minimum absolute atomic E-state index is 0.00278. The maximum absolute atomic E-state index is 13.8. The molecule has 2 amide bonds. The number of H-pyrrole nitrogens is 2. The molecule has 4 rings (SSSR count). The second kappa shape index (κ2) is 18.2. The van der Waals surface area contributed by atoms with Crippen molar-refractivity contribution in [2.24, 2.45) is 34.1 Å². The zero-order valence-electron chi connectivity index (χ0n) is 30.5. The first-order valence-corrected chi connectivity index (χ1v) is 18.3. The summed E-state index contributed by atoms with van der Waals surface area (Å²) in [5.74, 6) is -1.65. The largest absolute Gasteiger partial charge is 0.369 e. The lowest BCUT2D eigenvalue weighted by Crippen LogP contribution is -2.53. The number of aromatic amines is 2. The van der Waals surface area contributed by atoms with Gasteiger partial charge in [0.25, 0.3) is 0 Å². The molecule has 0 aliphatic heterocycles. The van der Waals surface area contributed by atoms with E-state index in [4.69, 9.17) is 11.5 Å². The zero-order chi connectivity index (χ0) is 37.0. The number of nitrogens with two attached hydrogens (primary N) is 2. The smallest absolute Gasteiger partial charge is 0.235 e. The predicted octanol–water partition coefficient (Wildman–Crippen LogP) is 4.56. The number of amides is 2. The molecule has 0 radical (unpaired) electrons. The molecule has 2 aliphatic carbocycles. The highest BCUT2D eigenvalue weighted by Crippen LogP contribution is 2.37. The summed E-state index contributed by atoms with van der Waals surface area (Å²) in [5.41, 5.74) is 12.3. The van der Waals surface area contributed by atoms with Gasteiger partial charge in [0.1, 0.15) is 10.8 Å². The van der Waals surface area contributed by atoms with Gasteiger partial charge in [-0.1, -0.05) is 96.3 Å². The maximum atomic E-state index is 13.8. The number of imidazole rings is 2. The number of hydrogen-bond donors (Lipinski definition) is 6. The number of rotatable bonds is 22. The van der Waals surface area contributed by atoms with Crippen LogP contribution < -0.4 is 22.1 Å². The molecule has 2 aliphatic rings. The van der Waals surface area contributed by atoms with Crippen LogP contribution in [0, 0.1) is 22.7 Å². The molecule has 51 heavy (non-hydrogen) atoms. The number of nitrogens with one attached hydrogen (secondary N) is 4. The molecule has 2 aromatic rings. The van der Waals surface area contributed by atoms with E-state index in [1.54, 1.807) is 49.4 Å². The van der Waals surface area contributed by atoms with Crippen LogP contribution in [0.5, 0.6) is 0 Å². The first-order chi connectivity index (χ1) is 24.4. The fraction of sp³-hybridized carbons (Fsp3) is 0.538. The van der Waals surface area contributed by atoms with Gasteiger partial charge in [0.2, 0.25) is 11.8 Å². The third kappa shape index (κ3) is 9.48. The molecule has 0 fully saturated rings. The quantitative estimate of drug-likeness (QED) is 0.0758. The number of carbonyl (C=O) groups excluding carboxylic acids is 4. The predicted molar refractivity (Wildman–Crippen MR) is 199 cm³/mol. The van der Waals surface area contributed by atoms with E-state index < -0.39 is 34.7 Å². The molecule has 0 saturated carbocycles. The molecule has 0 saturated heterocycles. The van der Waals surface area contributed by atoms with Gasteiger partial charge in [-0.2, -0.15) is 0 Å². The van der Waals surface area contributed by atoms with Gasteiger partial charge < -0.3 is 32.1 Å². The van der Waals surface area contributed by atoms with Gasteiger partial charge in [0, 0.05) is 0 Å². The molecule has 0 aromatic carbocycles. The number of ketones is 2. The Morgan fingerprint density at radius 1 is 0.667 bits per heavy atom. The Hall–Kier alpha value is -4.42. The minimum Gasteiger partial charge on any atom is -0.369 e. The van der Waals surface area contributed by atoms with Crippen molar-refractivity contribution < 1.29 is 19.2 Å². The Balaban J connectivity index is 1.14. The van der Waals surface area contributed by atoms with Crippen LogP contribution >= 0.6 is 0 Å². The van der Waals surface area contributed by atoms with Crippen molar-refractivity contribution in [1.29, 1.82) is 0 Å². The lowest BCUT2D eigenvalue weighted by atomic mass is 9.71. The summed E-state index contributed by atoms with van der Waals surface area (Å²) in [7, 11) is 0. The Morgan fingerprint density at radius 2 is 1.04 bits per heavy atom. The monoisotopic (exact) mass is 700 g/mol. The molecule has 12 nitrogen and oxygen atoms in total. The van der Waals surface area contributed by atoms with E-state index in [2.05, 4.69) is 30.6 Å². The molecule has 4 unspecified atom stereocenters. The zero-order valence-corrected chi connectivity index (χ0v) is 30.5. The van der Waals surface area contributed by atoms with Crippen molar-refractivity contribution in [1.82, 2.24) is 30.6 Å². The minimum atomic E-state index is -1.37. The van der Waals surface area contributed by atoms with Crippen LogP contribution in [0.4, 0.5) is 0 Å². The van der Waals surface area contributed by atoms with Crippen LogP contribution in [0.3, 0.4) is 0 Å². The van der Waals surface area contributed by atoms with Crippen LogP contribution in [-0.2, 0) is 19.2 Å². The van der Waals surface area contributed by atoms with Gasteiger partial charge in [-0.15, -0.1) is 0 Å². The Labute approximate surface area is 301 Å². The van der Waals surface area contributed by atoms with E-state index in [0.717, 1.165) is 67.5 Å². The van der Waals surface area contributed by atoms with Gasteiger partial charge in [0.05, 0.1) is 48.5 Å². The molecule has 276 valence electrons. The first-order valence-electron chi connectivity index (χ1n) is 18.3. The van der Waals surface area contributed by atoms with Gasteiger partial charge in [-0.3, -0.25) is 19.2 Å². The highest BCUT2D eigenvalue weighted by atomic mass is 16.2. The summed E-state index contributed by atoms with van der Waals surface area (Å²) in [6, 6.07) is -0.970. The summed E-state index contributed by atoms with van der Waals surface area (Å²) in [4.78, 5) is 67.0. The molecule has 0 bridgehead atoms. The van der Waals surface area contributed by atoms with Crippen molar-refractivity contribution in [3.05, 3.63) is 72.9 Å². The van der Waals surface area contributed by atoms with Gasteiger partial charge in [-0.25, -0.2) is 9.97 Å². The third-order valence-electron chi connectivity index (χ3n) is 10.2. The molecule has 0 spiro atoms. The lowest BCUT2D eigenvalue weighted by Gasteiger charge is -2.33.